The Morgan fingerprint density at radius 3 is 2.48 bits per heavy atom. The lowest BCUT2D eigenvalue weighted by Gasteiger charge is -2.21. The maximum absolute atomic E-state index is 12.9. The van der Waals surface area contributed by atoms with Crippen LogP contribution in [-0.4, -0.2) is 19.8 Å². The van der Waals surface area contributed by atoms with Gasteiger partial charge in [-0.05, 0) is 31.2 Å². The Labute approximate surface area is 184 Å². The van der Waals surface area contributed by atoms with Crippen LogP contribution in [0.3, 0.4) is 0 Å². The van der Waals surface area contributed by atoms with Gasteiger partial charge in [0.1, 0.15) is 22.9 Å². The van der Waals surface area contributed by atoms with E-state index < -0.39 is 21.7 Å². The molecule has 0 saturated heterocycles. The molecule has 2 aromatic carbocycles. The van der Waals surface area contributed by atoms with Gasteiger partial charge in [0.05, 0.1) is 0 Å². The first-order valence-corrected chi connectivity index (χ1v) is 11.1. The number of pyridine rings is 1. The summed E-state index contributed by atoms with van der Waals surface area (Å²) in [4.78, 5) is 12.9. The summed E-state index contributed by atoms with van der Waals surface area (Å²) in [5.74, 6) is 0.299. The number of hydrogen-bond acceptors (Lipinski definition) is 6. The van der Waals surface area contributed by atoms with Crippen LogP contribution in [0.25, 0.3) is 0 Å². The Morgan fingerprint density at radius 1 is 1.10 bits per heavy atom. The second kappa shape index (κ2) is 8.49. The van der Waals surface area contributed by atoms with Gasteiger partial charge in [-0.25, -0.2) is 0 Å². The standard InChI is InChI=1S/C22H18ClNO6S/c1-15-6-8-17(9-7-15)31(26,27)30-16-10-11-24(21(25)12-16)22(20-13-28-14-29-20)18-4-2-3-5-19(18)23/h2-13,22H,14H2,1H3. The SMILES string of the molecule is Cc1ccc(S(=O)(=O)Oc2ccn(C(C3=COCO3)c3ccccc3Cl)c(=O)c2)cc1. The highest BCUT2D eigenvalue weighted by atomic mass is 35.5. The molecule has 0 radical (unpaired) electrons. The van der Waals surface area contributed by atoms with Crippen molar-refractivity contribution >= 4 is 21.7 Å². The molecule has 160 valence electrons. The zero-order valence-electron chi connectivity index (χ0n) is 16.4. The number of ether oxygens (including phenoxy) is 2. The smallest absolute Gasteiger partial charge is 0.339 e. The molecule has 0 saturated carbocycles. The zero-order chi connectivity index (χ0) is 22.0. The van der Waals surface area contributed by atoms with Gasteiger partial charge >= 0.3 is 10.1 Å². The Balaban J connectivity index is 1.69. The van der Waals surface area contributed by atoms with E-state index in [2.05, 4.69) is 0 Å². The number of hydrogen-bond donors (Lipinski definition) is 0. The monoisotopic (exact) mass is 459 g/mol. The van der Waals surface area contributed by atoms with Crippen LogP contribution >= 0.6 is 11.6 Å². The molecule has 4 rings (SSSR count). The van der Waals surface area contributed by atoms with Gasteiger partial charge in [-0.1, -0.05) is 47.5 Å². The minimum atomic E-state index is -4.08. The quantitative estimate of drug-likeness (QED) is 0.518. The number of aromatic nitrogens is 1. The molecule has 0 fully saturated rings. The fourth-order valence-corrected chi connectivity index (χ4v) is 4.31. The van der Waals surface area contributed by atoms with Gasteiger partial charge in [0, 0.05) is 22.8 Å². The summed E-state index contributed by atoms with van der Waals surface area (Å²) >= 11 is 6.35. The van der Waals surface area contributed by atoms with Gasteiger partial charge in [-0.3, -0.25) is 4.79 Å². The fourth-order valence-electron chi connectivity index (χ4n) is 3.15. The Morgan fingerprint density at radius 2 is 1.84 bits per heavy atom. The Kier molecular flexibility index (Phi) is 5.75. The van der Waals surface area contributed by atoms with Crippen molar-refractivity contribution < 1.29 is 22.1 Å². The molecule has 1 atom stereocenters. The van der Waals surface area contributed by atoms with Gasteiger partial charge in [0.25, 0.3) is 5.56 Å². The van der Waals surface area contributed by atoms with Gasteiger partial charge in [-0.2, -0.15) is 8.42 Å². The molecule has 1 aromatic heterocycles. The second-order valence-electron chi connectivity index (χ2n) is 6.83. The van der Waals surface area contributed by atoms with Crippen LogP contribution in [0.1, 0.15) is 17.2 Å². The van der Waals surface area contributed by atoms with Crippen molar-refractivity contribution in [1.29, 1.82) is 0 Å². The molecule has 0 spiro atoms. The van der Waals surface area contributed by atoms with E-state index >= 15 is 0 Å². The van der Waals surface area contributed by atoms with Gasteiger partial charge in [0.2, 0.25) is 6.79 Å². The molecule has 7 nitrogen and oxygen atoms in total. The van der Waals surface area contributed by atoms with Crippen LogP contribution in [0, 0.1) is 6.92 Å². The van der Waals surface area contributed by atoms with E-state index in [4.69, 9.17) is 25.3 Å². The number of allylic oxidation sites excluding steroid dienone is 1. The molecule has 0 bridgehead atoms. The van der Waals surface area contributed by atoms with Crippen LogP contribution in [0.15, 0.2) is 88.6 Å². The Bertz CT molecular complexity index is 1300. The number of benzene rings is 2. The van der Waals surface area contributed by atoms with Crippen molar-refractivity contribution in [1.82, 2.24) is 4.57 Å². The van der Waals surface area contributed by atoms with E-state index in [-0.39, 0.29) is 17.4 Å². The van der Waals surface area contributed by atoms with Crippen molar-refractivity contribution in [2.75, 3.05) is 6.79 Å². The first-order valence-electron chi connectivity index (χ1n) is 9.27. The van der Waals surface area contributed by atoms with E-state index in [0.717, 1.165) is 11.6 Å². The van der Waals surface area contributed by atoms with Crippen LogP contribution in [0.4, 0.5) is 0 Å². The molecular weight excluding hydrogens is 442 g/mol. The number of halogens is 1. The third-order valence-corrected chi connectivity index (χ3v) is 6.28. The lowest BCUT2D eigenvalue weighted by Crippen LogP contribution is -2.26. The number of nitrogens with zero attached hydrogens (tertiary/aromatic N) is 1. The van der Waals surface area contributed by atoms with Crippen LogP contribution < -0.4 is 9.74 Å². The Hall–Kier alpha value is -3.23. The summed E-state index contributed by atoms with van der Waals surface area (Å²) in [6.45, 7) is 1.88. The third kappa shape index (κ3) is 4.45. The largest absolute Gasteiger partial charge is 0.462 e. The molecule has 0 N–H and O–H groups in total. The van der Waals surface area contributed by atoms with Crippen molar-refractivity contribution in [2.45, 2.75) is 17.9 Å². The molecule has 9 heteroatoms. The highest BCUT2D eigenvalue weighted by Gasteiger charge is 2.27. The van der Waals surface area contributed by atoms with Gasteiger partial charge < -0.3 is 18.2 Å². The summed E-state index contributed by atoms with van der Waals surface area (Å²) in [6, 6.07) is 15.1. The lowest BCUT2D eigenvalue weighted by atomic mass is 10.0. The maximum atomic E-state index is 12.9. The topological polar surface area (TPSA) is 83.8 Å². The molecule has 1 unspecified atom stereocenters. The summed E-state index contributed by atoms with van der Waals surface area (Å²) < 4.78 is 42.2. The number of rotatable bonds is 6. The van der Waals surface area contributed by atoms with Crippen LogP contribution in [0.5, 0.6) is 5.75 Å². The predicted molar refractivity (Wildman–Crippen MR) is 114 cm³/mol. The molecule has 0 aliphatic carbocycles. The van der Waals surface area contributed by atoms with Gasteiger partial charge in [0.15, 0.2) is 5.76 Å². The first-order chi connectivity index (χ1) is 14.8. The van der Waals surface area contributed by atoms with Crippen LogP contribution in [0.2, 0.25) is 5.02 Å². The van der Waals surface area contributed by atoms with Crippen LogP contribution in [-0.2, 0) is 19.6 Å². The van der Waals surface area contributed by atoms with E-state index in [9.17, 15) is 13.2 Å². The van der Waals surface area contributed by atoms with Crippen molar-refractivity contribution in [3.05, 3.63) is 105 Å². The minimum absolute atomic E-state index is 0.00196. The average Bonchev–Trinajstić information content (AvgIpc) is 3.25. The highest BCUT2D eigenvalue weighted by molar-refractivity contribution is 7.87. The van der Waals surface area contributed by atoms with Crippen molar-refractivity contribution in [3.8, 4) is 5.75 Å². The normalized spacial score (nSPS) is 14.3. The molecule has 1 aliphatic rings. The van der Waals surface area contributed by atoms with Crippen molar-refractivity contribution in [3.63, 3.8) is 0 Å². The van der Waals surface area contributed by atoms with E-state index in [1.54, 1.807) is 36.4 Å². The summed E-state index contributed by atoms with van der Waals surface area (Å²) in [6.07, 6.45) is 2.85. The maximum Gasteiger partial charge on any atom is 0.339 e. The first kappa shape index (κ1) is 21.0. The van der Waals surface area contributed by atoms with E-state index in [1.165, 1.54) is 35.2 Å². The molecule has 31 heavy (non-hydrogen) atoms. The lowest BCUT2D eigenvalue weighted by molar-refractivity contribution is 0.0735. The van der Waals surface area contributed by atoms with Crippen molar-refractivity contribution in [2.24, 2.45) is 0 Å². The second-order valence-corrected chi connectivity index (χ2v) is 8.79. The zero-order valence-corrected chi connectivity index (χ0v) is 18.0. The molecule has 0 amide bonds. The molecule has 2 heterocycles. The predicted octanol–water partition coefficient (Wildman–Crippen LogP) is 4.01. The average molecular weight is 460 g/mol. The van der Waals surface area contributed by atoms with E-state index in [0.29, 0.717) is 16.3 Å². The number of aryl methyl sites for hydroxylation is 1. The highest BCUT2D eigenvalue weighted by Crippen LogP contribution is 2.33. The summed E-state index contributed by atoms with van der Waals surface area (Å²) in [7, 11) is -4.08. The minimum Gasteiger partial charge on any atom is -0.462 e. The summed E-state index contributed by atoms with van der Waals surface area (Å²) in [5.41, 5.74) is 1.04. The summed E-state index contributed by atoms with van der Waals surface area (Å²) in [5, 5.41) is 0.443. The fraction of sp³-hybridized carbons (Fsp3) is 0.136. The molecule has 1 aliphatic heterocycles. The molecule has 3 aromatic rings. The van der Waals surface area contributed by atoms with E-state index in [1.807, 2.05) is 6.92 Å². The third-order valence-electron chi connectivity index (χ3n) is 4.68. The molecular formula is C22H18ClNO6S. The van der Waals surface area contributed by atoms with Gasteiger partial charge in [-0.15, -0.1) is 0 Å².